The standard InChI is InChI=1S/C15H24N2O/c1-4-17(12(2)11-18-3)14-9-13-7-5-6-8-15(13)16-10-14/h5-8,12,14,16H,4,9-11H2,1-3H3. The van der Waals surface area contributed by atoms with Crippen LogP contribution in [0, 0.1) is 0 Å². The molecule has 3 heteroatoms. The molecule has 1 aromatic carbocycles. The minimum Gasteiger partial charge on any atom is -0.383 e. The van der Waals surface area contributed by atoms with Gasteiger partial charge in [-0.25, -0.2) is 0 Å². The van der Waals surface area contributed by atoms with Gasteiger partial charge in [0.2, 0.25) is 0 Å². The molecule has 0 bridgehead atoms. The van der Waals surface area contributed by atoms with Gasteiger partial charge in [0.15, 0.2) is 0 Å². The fourth-order valence-corrected chi connectivity index (χ4v) is 2.93. The summed E-state index contributed by atoms with van der Waals surface area (Å²) in [6.45, 7) is 7.37. The number of hydrogen-bond acceptors (Lipinski definition) is 3. The van der Waals surface area contributed by atoms with E-state index in [0.29, 0.717) is 12.1 Å². The molecule has 2 rings (SSSR count). The lowest BCUT2D eigenvalue weighted by Gasteiger charge is -2.38. The first-order valence-electron chi connectivity index (χ1n) is 6.82. The lowest BCUT2D eigenvalue weighted by molar-refractivity contribution is 0.0757. The topological polar surface area (TPSA) is 24.5 Å². The van der Waals surface area contributed by atoms with Crippen molar-refractivity contribution in [1.82, 2.24) is 4.90 Å². The Hall–Kier alpha value is -1.06. The van der Waals surface area contributed by atoms with Crippen molar-refractivity contribution in [3.63, 3.8) is 0 Å². The molecule has 2 atom stereocenters. The molecule has 3 nitrogen and oxygen atoms in total. The Morgan fingerprint density at radius 1 is 1.44 bits per heavy atom. The van der Waals surface area contributed by atoms with E-state index in [9.17, 15) is 0 Å². The van der Waals surface area contributed by atoms with Crippen LogP contribution in [0.15, 0.2) is 24.3 Å². The molecular weight excluding hydrogens is 224 g/mol. The molecule has 1 aliphatic rings. The Labute approximate surface area is 110 Å². The van der Waals surface area contributed by atoms with Crippen LogP contribution in [0.4, 0.5) is 5.69 Å². The number of fused-ring (bicyclic) bond motifs is 1. The molecule has 1 N–H and O–H groups in total. The van der Waals surface area contributed by atoms with Crippen molar-refractivity contribution in [3.05, 3.63) is 29.8 Å². The Morgan fingerprint density at radius 2 is 2.22 bits per heavy atom. The van der Waals surface area contributed by atoms with Crippen molar-refractivity contribution in [2.24, 2.45) is 0 Å². The number of nitrogens with zero attached hydrogens (tertiary/aromatic N) is 1. The zero-order valence-corrected chi connectivity index (χ0v) is 11.6. The molecule has 0 amide bonds. The summed E-state index contributed by atoms with van der Waals surface area (Å²) in [5.74, 6) is 0. The van der Waals surface area contributed by atoms with Crippen LogP contribution in [0.25, 0.3) is 0 Å². The average molecular weight is 248 g/mol. The highest BCUT2D eigenvalue weighted by atomic mass is 16.5. The van der Waals surface area contributed by atoms with Crippen LogP contribution in [0.1, 0.15) is 19.4 Å². The van der Waals surface area contributed by atoms with Gasteiger partial charge in [-0.1, -0.05) is 25.1 Å². The zero-order chi connectivity index (χ0) is 13.0. The fraction of sp³-hybridized carbons (Fsp3) is 0.600. The van der Waals surface area contributed by atoms with E-state index in [1.165, 1.54) is 11.3 Å². The van der Waals surface area contributed by atoms with Gasteiger partial charge in [0.1, 0.15) is 0 Å². The van der Waals surface area contributed by atoms with Gasteiger partial charge in [-0.15, -0.1) is 0 Å². The lowest BCUT2D eigenvalue weighted by atomic mass is 9.97. The van der Waals surface area contributed by atoms with Crippen LogP contribution in [-0.4, -0.2) is 43.8 Å². The number of para-hydroxylation sites is 1. The summed E-state index contributed by atoms with van der Waals surface area (Å²) in [4.78, 5) is 2.53. The largest absolute Gasteiger partial charge is 0.383 e. The molecule has 0 saturated heterocycles. The second kappa shape index (κ2) is 6.21. The first-order valence-corrected chi connectivity index (χ1v) is 6.82. The van der Waals surface area contributed by atoms with Gasteiger partial charge in [-0.05, 0) is 31.5 Å². The average Bonchev–Trinajstić information content (AvgIpc) is 2.40. The number of benzene rings is 1. The van der Waals surface area contributed by atoms with Crippen molar-refractivity contribution >= 4 is 5.69 Å². The van der Waals surface area contributed by atoms with Gasteiger partial charge in [-0.3, -0.25) is 4.90 Å². The molecule has 100 valence electrons. The molecule has 18 heavy (non-hydrogen) atoms. The smallest absolute Gasteiger partial charge is 0.0615 e. The molecule has 0 radical (unpaired) electrons. The summed E-state index contributed by atoms with van der Waals surface area (Å²) in [5, 5.41) is 3.54. The maximum atomic E-state index is 5.28. The Kier molecular flexibility index (Phi) is 4.61. The molecule has 0 aliphatic carbocycles. The van der Waals surface area contributed by atoms with E-state index < -0.39 is 0 Å². The van der Waals surface area contributed by atoms with Crippen molar-refractivity contribution in [2.75, 3.05) is 32.1 Å². The predicted molar refractivity (Wildman–Crippen MR) is 76.1 cm³/mol. The van der Waals surface area contributed by atoms with Crippen molar-refractivity contribution in [3.8, 4) is 0 Å². The number of anilines is 1. The summed E-state index contributed by atoms with van der Waals surface area (Å²) in [6, 6.07) is 9.64. The monoisotopic (exact) mass is 248 g/mol. The molecule has 1 heterocycles. The van der Waals surface area contributed by atoms with E-state index in [1.54, 1.807) is 7.11 Å². The Morgan fingerprint density at radius 3 is 2.94 bits per heavy atom. The van der Waals surface area contributed by atoms with Crippen molar-refractivity contribution in [1.29, 1.82) is 0 Å². The van der Waals surface area contributed by atoms with Crippen LogP contribution in [0.5, 0.6) is 0 Å². The highest BCUT2D eigenvalue weighted by Crippen LogP contribution is 2.24. The third-order valence-corrected chi connectivity index (χ3v) is 3.81. The van der Waals surface area contributed by atoms with Gasteiger partial charge >= 0.3 is 0 Å². The van der Waals surface area contributed by atoms with Crippen LogP contribution >= 0.6 is 0 Å². The SMILES string of the molecule is CCN(C(C)COC)C1CNc2ccccc2C1. The second-order valence-corrected chi connectivity index (χ2v) is 5.03. The summed E-state index contributed by atoms with van der Waals surface area (Å²) in [6.07, 6.45) is 1.13. The van der Waals surface area contributed by atoms with E-state index in [0.717, 1.165) is 26.1 Å². The third kappa shape index (κ3) is 2.85. The van der Waals surface area contributed by atoms with E-state index in [4.69, 9.17) is 4.74 Å². The van der Waals surface area contributed by atoms with Gasteiger partial charge in [0.05, 0.1) is 6.61 Å². The third-order valence-electron chi connectivity index (χ3n) is 3.81. The summed E-state index contributed by atoms with van der Waals surface area (Å²) in [5.41, 5.74) is 2.72. The minimum absolute atomic E-state index is 0.470. The number of ether oxygens (including phenoxy) is 1. The van der Waals surface area contributed by atoms with Crippen molar-refractivity contribution in [2.45, 2.75) is 32.4 Å². The number of likely N-dealkylation sites (N-methyl/N-ethyl adjacent to an activating group) is 1. The maximum Gasteiger partial charge on any atom is 0.0615 e. The van der Waals surface area contributed by atoms with E-state index in [2.05, 4.69) is 48.3 Å². The van der Waals surface area contributed by atoms with Crippen LogP contribution in [0.2, 0.25) is 0 Å². The van der Waals surface area contributed by atoms with Gasteiger partial charge < -0.3 is 10.1 Å². The van der Waals surface area contributed by atoms with Crippen LogP contribution < -0.4 is 5.32 Å². The number of hydrogen-bond donors (Lipinski definition) is 1. The molecule has 1 aliphatic heterocycles. The van der Waals surface area contributed by atoms with Crippen LogP contribution in [0.3, 0.4) is 0 Å². The summed E-state index contributed by atoms with van der Waals surface area (Å²) in [7, 11) is 1.78. The number of nitrogens with one attached hydrogen (secondary N) is 1. The molecule has 0 aromatic heterocycles. The van der Waals surface area contributed by atoms with E-state index >= 15 is 0 Å². The Bertz CT molecular complexity index is 381. The Balaban J connectivity index is 2.06. The van der Waals surface area contributed by atoms with Crippen molar-refractivity contribution < 1.29 is 4.74 Å². The summed E-state index contributed by atoms with van der Waals surface area (Å²) < 4.78 is 5.28. The summed E-state index contributed by atoms with van der Waals surface area (Å²) >= 11 is 0. The molecule has 0 saturated carbocycles. The molecule has 1 aromatic rings. The lowest BCUT2D eigenvalue weighted by Crippen LogP contribution is -2.49. The van der Waals surface area contributed by atoms with Gasteiger partial charge in [0.25, 0.3) is 0 Å². The molecule has 2 unspecified atom stereocenters. The fourth-order valence-electron chi connectivity index (χ4n) is 2.93. The molecule has 0 fully saturated rings. The first-order chi connectivity index (χ1) is 8.76. The quantitative estimate of drug-likeness (QED) is 0.866. The zero-order valence-electron chi connectivity index (χ0n) is 11.6. The van der Waals surface area contributed by atoms with E-state index in [1.807, 2.05) is 0 Å². The van der Waals surface area contributed by atoms with Gasteiger partial charge in [0, 0.05) is 31.4 Å². The predicted octanol–water partition coefficient (Wildman–Crippen LogP) is 2.38. The molecule has 0 spiro atoms. The van der Waals surface area contributed by atoms with E-state index in [-0.39, 0.29) is 0 Å². The van der Waals surface area contributed by atoms with Crippen LogP contribution in [-0.2, 0) is 11.2 Å². The normalized spacial score (nSPS) is 20.3. The number of rotatable bonds is 5. The highest BCUT2D eigenvalue weighted by molar-refractivity contribution is 5.53. The maximum absolute atomic E-state index is 5.28. The molecular formula is C15H24N2O. The second-order valence-electron chi connectivity index (χ2n) is 5.03. The number of methoxy groups -OCH3 is 1. The highest BCUT2D eigenvalue weighted by Gasteiger charge is 2.25. The minimum atomic E-state index is 0.470. The van der Waals surface area contributed by atoms with Gasteiger partial charge in [-0.2, -0.15) is 0 Å². The first kappa shape index (κ1) is 13.4.